The summed E-state index contributed by atoms with van der Waals surface area (Å²) in [5.74, 6) is 1.27. The highest BCUT2D eigenvalue weighted by Crippen LogP contribution is 2.35. The maximum Gasteiger partial charge on any atom is 0.146 e. The van der Waals surface area contributed by atoms with E-state index in [0.29, 0.717) is 16.5 Å². The van der Waals surface area contributed by atoms with E-state index in [2.05, 4.69) is 15.9 Å². The van der Waals surface area contributed by atoms with Gasteiger partial charge in [0, 0.05) is 0 Å². The molecular weight excluding hydrogens is 328 g/mol. The molecule has 0 aliphatic carbocycles. The van der Waals surface area contributed by atoms with Crippen LogP contribution in [0, 0.1) is 6.92 Å². The molecule has 1 N–H and O–H groups in total. The molecule has 2 aromatic rings. The van der Waals surface area contributed by atoms with Gasteiger partial charge in [0.15, 0.2) is 0 Å². The molecule has 2 nitrogen and oxygen atoms in total. The maximum atomic E-state index is 9.52. The van der Waals surface area contributed by atoms with E-state index in [1.54, 1.807) is 6.92 Å². The third-order valence-corrected chi connectivity index (χ3v) is 3.66. The summed E-state index contributed by atoms with van der Waals surface area (Å²) in [6.07, 6.45) is -0.506. The van der Waals surface area contributed by atoms with Crippen molar-refractivity contribution in [1.82, 2.24) is 0 Å². The van der Waals surface area contributed by atoms with E-state index in [4.69, 9.17) is 16.3 Å². The van der Waals surface area contributed by atoms with Crippen molar-refractivity contribution in [2.75, 3.05) is 0 Å². The molecule has 0 fully saturated rings. The van der Waals surface area contributed by atoms with Crippen LogP contribution < -0.4 is 4.74 Å². The van der Waals surface area contributed by atoms with Gasteiger partial charge < -0.3 is 9.84 Å². The van der Waals surface area contributed by atoms with Crippen molar-refractivity contribution in [2.24, 2.45) is 0 Å². The molecule has 19 heavy (non-hydrogen) atoms. The fourth-order valence-corrected chi connectivity index (χ4v) is 2.42. The zero-order valence-corrected chi connectivity index (χ0v) is 13.0. The van der Waals surface area contributed by atoms with Crippen LogP contribution in [-0.4, -0.2) is 5.11 Å². The number of ether oxygens (including phenoxy) is 1. The second-order valence-electron chi connectivity index (χ2n) is 4.40. The topological polar surface area (TPSA) is 29.5 Å². The number of rotatable bonds is 3. The van der Waals surface area contributed by atoms with E-state index in [1.807, 2.05) is 43.3 Å². The number of halogens is 2. The minimum absolute atomic E-state index is 0.506. The Hall–Kier alpha value is -1.03. The molecule has 100 valence electrons. The van der Waals surface area contributed by atoms with Gasteiger partial charge in [-0.05, 0) is 65.2 Å². The summed E-state index contributed by atoms with van der Waals surface area (Å²) < 4.78 is 6.55. The van der Waals surface area contributed by atoms with Crippen LogP contribution >= 0.6 is 27.5 Å². The summed E-state index contributed by atoms with van der Waals surface area (Å²) in [5, 5.41) is 10.1. The van der Waals surface area contributed by atoms with Crippen molar-refractivity contribution in [3.05, 3.63) is 57.0 Å². The zero-order valence-electron chi connectivity index (χ0n) is 10.7. The van der Waals surface area contributed by atoms with Gasteiger partial charge in [-0.1, -0.05) is 23.7 Å². The van der Waals surface area contributed by atoms with Gasteiger partial charge in [-0.2, -0.15) is 0 Å². The highest BCUT2D eigenvalue weighted by Gasteiger charge is 2.09. The molecular formula is C15H14BrClO2. The van der Waals surface area contributed by atoms with Gasteiger partial charge in [-0.3, -0.25) is 0 Å². The van der Waals surface area contributed by atoms with Gasteiger partial charge in [0.25, 0.3) is 0 Å². The highest BCUT2D eigenvalue weighted by atomic mass is 79.9. The molecule has 0 aliphatic rings. The van der Waals surface area contributed by atoms with Gasteiger partial charge in [-0.25, -0.2) is 0 Å². The second kappa shape index (κ2) is 5.95. The lowest BCUT2D eigenvalue weighted by Gasteiger charge is -2.12. The molecule has 0 aliphatic heterocycles. The Morgan fingerprint density at radius 2 is 1.84 bits per heavy atom. The third kappa shape index (κ3) is 3.50. The van der Waals surface area contributed by atoms with Gasteiger partial charge in [-0.15, -0.1) is 0 Å². The Labute approximate surface area is 126 Å². The summed E-state index contributed by atoms with van der Waals surface area (Å²) >= 11 is 9.57. The Kier molecular flexibility index (Phi) is 4.50. The largest absolute Gasteiger partial charge is 0.455 e. The lowest BCUT2D eigenvalue weighted by Crippen LogP contribution is -1.93. The smallest absolute Gasteiger partial charge is 0.146 e. The van der Waals surface area contributed by atoms with Crippen LogP contribution in [0.4, 0.5) is 0 Å². The Morgan fingerprint density at radius 1 is 1.16 bits per heavy atom. The van der Waals surface area contributed by atoms with Crippen molar-refractivity contribution in [2.45, 2.75) is 20.0 Å². The predicted octanol–water partition coefficient (Wildman–Crippen LogP) is 5.26. The first-order valence-corrected chi connectivity index (χ1v) is 7.06. The number of hydrogen-bond acceptors (Lipinski definition) is 2. The Bertz CT molecular complexity index is 597. The Morgan fingerprint density at radius 3 is 2.42 bits per heavy atom. The van der Waals surface area contributed by atoms with Gasteiger partial charge in [0.2, 0.25) is 0 Å². The average Bonchev–Trinajstić information content (AvgIpc) is 2.34. The van der Waals surface area contributed by atoms with E-state index in [9.17, 15) is 5.11 Å². The first kappa shape index (κ1) is 14.4. The van der Waals surface area contributed by atoms with Crippen molar-refractivity contribution in [3.63, 3.8) is 0 Å². The average molecular weight is 342 g/mol. The van der Waals surface area contributed by atoms with Crippen LogP contribution in [0.2, 0.25) is 5.02 Å². The van der Waals surface area contributed by atoms with Crippen molar-refractivity contribution < 1.29 is 9.84 Å². The van der Waals surface area contributed by atoms with E-state index in [-0.39, 0.29) is 0 Å². The fraction of sp³-hybridized carbons (Fsp3) is 0.200. The van der Waals surface area contributed by atoms with Gasteiger partial charge in [0.1, 0.15) is 11.5 Å². The molecule has 0 bridgehead atoms. The molecule has 0 saturated heterocycles. The van der Waals surface area contributed by atoms with Crippen LogP contribution in [0.15, 0.2) is 40.9 Å². The number of aliphatic hydroxyl groups is 1. The summed E-state index contributed by atoms with van der Waals surface area (Å²) in [5.41, 5.74) is 1.91. The van der Waals surface area contributed by atoms with E-state index in [0.717, 1.165) is 15.6 Å². The van der Waals surface area contributed by atoms with Gasteiger partial charge >= 0.3 is 0 Å². The molecule has 0 saturated carbocycles. The first-order chi connectivity index (χ1) is 8.97. The molecule has 0 radical (unpaired) electrons. The monoisotopic (exact) mass is 340 g/mol. The zero-order chi connectivity index (χ0) is 14.0. The van der Waals surface area contributed by atoms with E-state index >= 15 is 0 Å². The third-order valence-electron chi connectivity index (χ3n) is 2.75. The van der Waals surface area contributed by atoms with Crippen LogP contribution in [0.5, 0.6) is 11.5 Å². The highest BCUT2D eigenvalue weighted by molar-refractivity contribution is 9.10. The minimum atomic E-state index is -0.506. The molecule has 0 unspecified atom stereocenters. The number of aryl methyl sites for hydroxylation is 1. The summed E-state index contributed by atoms with van der Waals surface area (Å²) in [6, 6.07) is 11.1. The summed E-state index contributed by atoms with van der Waals surface area (Å²) in [7, 11) is 0. The fourth-order valence-electron chi connectivity index (χ4n) is 1.67. The van der Waals surface area contributed by atoms with Crippen LogP contribution in [0.3, 0.4) is 0 Å². The number of hydrogen-bond donors (Lipinski definition) is 1. The molecule has 0 amide bonds. The quantitative estimate of drug-likeness (QED) is 0.825. The van der Waals surface area contributed by atoms with Crippen molar-refractivity contribution in [3.8, 4) is 11.5 Å². The van der Waals surface area contributed by atoms with Gasteiger partial charge in [0.05, 0.1) is 15.6 Å². The summed E-state index contributed by atoms with van der Waals surface area (Å²) in [4.78, 5) is 0. The first-order valence-electron chi connectivity index (χ1n) is 5.89. The van der Waals surface area contributed by atoms with E-state index < -0.39 is 6.10 Å². The van der Waals surface area contributed by atoms with Crippen LogP contribution in [0.25, 0.3) is 0 Å². The Balaban J connectivity index is 2.28. The van der Waals surface area contributed by atoms with Crippen molar-refractivity contribution >= 4 is 27.5 Å². The standard InChI is InChI=1S/C15H14BrClO2/c1-9-3-5-15(13(17)7-9)19-14-6-4-11(10(2)18)8-12(14)16/h3-8,10,18H,1-2H3/t10-/m0/s1. The normalized spacial score (nSPS) is 12.3. The molecule has 2 aromatic carbocycles. The molecule has 2 rings (SSSR count). The number of benzene rings is 2. The van der Waals surface area contributed by atoms with Crippen molar-refractivity contribution in [1.29, 1.82) is 0 Å². The molecule has 0 aromatic heterocycles. The predicted molar refractivity (Wildman–Crippen MR) is 81.0 cm³/mol. The van der Waals surface area contributed by atoms with Crippen LogP contribution in [0.1, 0.15) is 24.2 Å². The molecule has 4 heteroatoms. The van der Waals surface area contributed by atoms with E-state index in [1.165, 1.54) is 0 Å². The number of aliphatic hydroxyl groups excluding tert-OH is 1. The second-order valence-corrected chi connectivity index (χ2v) is 5.66. The molecule has 1 atom stereocenters. The summed E-state index contributed by atoms with van der Waals surface area (Å²) in [6.45, 7) is 3.70. The lowest BCUT2D eigenvalue weighted by atomic mass is 10.1. The van der Waals surface area contributed by atoms with Crippen LogP contribution in [-0.2, 0) is 0 Å². The SMILES string of the molecule is Cc1ccc(Oc2ccc([C@H](C)O)cc2Br)c(Cl)c1. The molecule has 0 spiro atoms. The maximum absolute atomic E-state index is 9.52. The lowest BCUT2D eigenvalue weighted by molar-refractivity contribution is 0.199. The minimum Gasteiger partial charge on any atom is -0.455 e. The molecule has 0 heterocycles.